The van der Waals surface area contributed by atoms with Crippen LogP contribution in [0, 0.1) is 0 Å². The highest BCUT2D eigenvalue weighted by molar-refractivity contribution is 5.89. The fraction of sp³-hybridized carbons (Fsp3) is 0.667. The maximum atomic E-state index is 11.8. The molecule has 1 aromatic heterocycles. The zero-order valence-corrected chi connectivity index (χ0v) is 10.6. The molecule has 0 saturated heterocycles. The third-order valence-electron chi connectivity index (χ3n) is 2.92. The van der Waals surface area contributed by atoms with Gasteiger partial charge in [0.2, 0.25) is 0 Å². The topological polar surface area (TPSA) is 56.1 Å². The first-order valence-corrected chi connectivity index (χ1v) is 6.13. The van der Waals surface area contributed by atoms with E-state index in [4.69, 9.17) is 4.74 Å². The summed E-state index contributed by atoms with van der Waals surface area (Å²) in [5.74, 6) is -0.313. The van der Waals surface area contributed by atoms with Crippen LogP contribution in [0.4, 0.5) is 0 Å². The molecular weight excluding hydrogens is 218 g/mol. The molecule has 2 heterocycles. The van der Waals surface area contributed by atoms with E-state index in [9.17, 15) is 4.79 Å². The van der Waals surface area contributed by atoms with Crippen molar-refractivity contribution in [3.8, 4) is 0 Å². The van der Waals surface area contributed by atoms with Crippen LogP contribution < -0.4 is 5.32 Å². The number of nitrogens with zero attached hydrogens (tertiary/aromatic N) is 2. The summed E-state index contributed by atoms with van der Waals surface area (Å²) in [4.78, 5) is 11.8. The molecule has 94 valence electrons. The number of carbonyl (C=O) groups excluding carboxylic acids is 1. The van der Waals surface area contributed by atoms with Gasteiger partial charge in [0.05, 0.1) is 6.61 Å². The van der Waals surface area contributed by atoms with Crippen LogP contribution in [0.5, 0.6) is 0 Å². The predicted molar refractivity (Wildman–Crippen MR) is 64.0 cm³/mol. The second kappa shape index (κ2) is 4.87. The van der Waals surface area contributed by atoms with Gasteiger partial charge >= 0.3 is 5.97 Å². The summed E-state index contributed by atoms with van der Waals surface area (Å²) in [6.07, 6.45) is 0.917. The Labute approximate surface area is 101 Å². The van der Waals surface area contributed by atoms with E-state index in [0.29, 0.717) is 18.8 Å². The van der Waals surface area contributed by atoms with Gasteiger partial charge < -0.3 is 10.1 Å². The number of esters is 1. The standard InChI is InChI=1S/C12H19N3O2/c1-4-17-12(16)11-9-7-13-6-5-10(9)15(14-11)8(2)3/h8,13H,4-7H2,1-3H3. The number of aromatic nitrogens is 2. The average molecular weight is 237 g/mol. The zero-order chi connectivity index (χ0) is 12.4. The molecule has 0 bridgehead atoms. The van der Waals surface area contributed by atoms with Gasteiger partial charge in [0.25, 0.3) is 0 Å². The Morgan fingerprint density at radius 1 is 1.59 bits per heavy atom. The smallest absolute Gasteiger partial charge is 0.359 e. The molecule has 1 aliphatic rings. The van der Waals surface area contributed by atoms with Crippen LogP contribution in [-0.2, 0) is 17.7 Å². The van der Waals surface area contributed by atoms with E-state index in [0.717, 1.165) is 18.5 Å². The summed E-state index contributed by atoms with van der Waals surface area (Å²) < 4.78 is 6.99. The lowest BCUT2D eigenvalue weighted by molar-refractivity contribution is 0.0517. The second-order valence-electron chi connectivity index (χ2n) is 4.46. The van der Waals surface area contributed by atoms with E-state index in [2.05, 4.69) is 24.3 Å². The second-order valence-corrected chi connectivity index (χ2v) is 4.46. The van der Waals surface area contributed by atoms with Crippen LogP contribution >= 0.6 is 0 Å². The van der Waals surface area contributed by atoms with E-state index < -0.39 is 0 Å². The molecule has 5 nitrogen and oxygen atoms in total. The van der Waals surface area contributed by atoms with Gasteiger partial charge in [0, 0.05) is 36.8 Å². The molecule has 17 heavy (non-hydrogen) atoms. The lowest BCUT2D eigenvalue weighted by Crippen LogP contribution is -2.26. The van der Waals surface area contributed by atoms with Crippen LogP contribution in [0.3, 0.4) is 0 Å². The molecule has 1 aromatic rings. The summed E-state index contributed by atoms with van der Waals surface area (Å²) in [5, 5.41) is 7.68. The molecular formula is C12H19N3O2. The minimum absolute atomic E-state index is 0.269. The molecule has 0 aromatic carbocycles. The summed E-state index contributed by atoms with van der Waals surface area (Å²) in [5.41, 5.74) is 2.65. The maximum absolute atomic E-state index is 11.8. The van der Waals surface area contributed by atoms with Gasteiger partial charge in [0.15, 0.2) is 5.69 Å². The lowest BCUT2D eigenvalue weighted by Gasteiger charge is -2.17. The van der Waals surface area contributed by atoms with E-state index in [1.165, 1.54) is 5.69 Å². The van der Waals surface area contributed by atoms with Gasteiger partial charge in [-0.2, -0.15) is 5.10 Å². The first-order chi connectivity index (χ1) is 8.15. The molecule has 2 rings (SSSR count). The Morgan fingerprint density at radius 2 is 2.35 bits per heavy atom. The highest BCUT2D eigenvalue weighted by atomic mass is 16.5. The van der Waals surface area contributed by atoms with Crippen molar-refractivity contribution in [3.05, 3.63) is 17.0 Å². The third-order valence-corrected chi connectivity index (χ3v) is 2.92. The Hall–Kier alpha value is -1.36. The van der Waals surface area contributed by atoms with Gasteiger partial charge in [0.1, 0.15) is 0 Å². The predicted octanol–water partition coefficient (Wildman–Crippen LogP) is 1.29. The average Bonchev–Trinajstić information content (AvgIpc) is 2.69. The first-order valence-electron chi connectivity index (χ1n) is 6.13. The highest BCUT2D eigenvalue weighted by Gasteiger charge is 2.26. The van der Waals surface area contributed by atoms with Crippen molar-refractivity contribution in [2.75, 3.05) is 13.2 Å². The monoisotopic (exact) mass is 237 g/mol. The van der Waals surface area contributed by atoms with Crippen molar-refractivity contribution in [1.29, 1.82) is 0 Å². The summed E-state index contributed by atoms with van der Waals surface area (Å²) in [7, 11) is 0. The van der Waals surface area contributed by atoms with Gasteiger partial charge in [-0.1, -0.05) is 0 Å². The molecule has 0 atom stereocenters. The quantitative estimate of drug-likeness (QED) is 0.805. The summed E-state index contributed by atoms with van der Waals surface area (Å²) in [6, 6.07) is 0.269. The van der Waals surface area contributed by atoms with Crippen molar-refractivity contribution in [3.63, 3.8) is 0 Å². The van der Waals surface area contributed by atoms with Crippen molar-refractivity contribution in [1.82, 2.24) is 15.1 Å². The molecule has 0 aliphatic carbocycles. The number of hydrogen-bond acceptors (Lipinski definition) is 4. The van der Waals surface area contributed by atoms with E-state index in [-0.39, 0.29) is 12.0 Å². The van der Waals surface area contributed by atoms with Gasteiger partial charge in [-0.25, -0.2) is 4.79 Å². The number of carbonyl (C=O) groups is 1. The molecule has 0 amide bonds. The fourth-order valence-electron chi connectivity index (χ4n) is 2.17. The number of ether oxygens (including phenoxy) is 1. The number of fused-ring (bicyclic) bond motifs is 1. The minimum Gasteiger partial charge on any atom is -0.461 e. The van der Waals surface area contributed by atoms with E-state index in [1.807, 2.05) is 11.6 Å². The van der Waals surface area contributed by atoms with Gasteiger partial charge in [-0.3, -0.25) is 4.68 Å². The van der Waals surface area contributed by atoms with Crippen LogP contribution in [0.2, 0.25) is 0 Å². The zero-order valence-electron chi connectivity index (χ0n) is 10.6. The van der Waals surface area contributed by atoms with Crippen LogP contribution in [0.1, 0.15) is 48.6 Å². The molecule has 1 aliphatic heterocycles. The Balaban J connectivity index is 2.42. The fourth-order valence-corrected chi connectivity index (χ4v) is 2.17. The Morgan fingerprint density at radius 3 is 3.00 bits per heavy atom. The normalized spacial score (nSPS) is 14.8. The van der Waals surface area contributed by atoms with Crippen LogP contribution in [0.25, 0.3) is 0 Å². The van der Waals surface area contributed by atoms with Crippen molar-refractivity contribution in [2.45, 2.75) is 39.8 Å². The number of nitrogens with one attached hydrogen (secondary N) is 1. The molecule has 0 spiro atoms. The molecule has 1 N–H and O–H groups in total. The highest BCUT2D eigenvalue weighted by Crippen LogP contribution is 2.22. The molecule has 0 fully saturated rings. The molecule has 0 unspecified atom stereocenters. The molecule has 0 saturated carbocycles. The maximum Gasteiger partial charge on any atom is 0.359 e. The lowest BCUT2D eigenvalue weighted by atomic mass is 10.1. The van der Waals surface area contributed by atoms with Gasteiger partial charge in [-0.15, -0.1) is 0 Å². The minimum atomic E-state index is -0.313. The largest absolute Gasteiger partial charge is 0.461 e. The third kappa shape index (κ3) is 2.20. The van der Waals surface area contributed by atoms with Crippen molar-refractivity contribution in [2.24, 2.45) is 0 Å². The molecule has 5 heteroatoms. The molecule has 0 radical (unpaired) electrons. The van der Waals surface area contributed by atoms with E-state index in [1.54, 1.807) is 0 Å². The summed E-state index contributed by atoms with van der Waals surface area (Å²) >= 11 is 0. The van der Waals surface area contributed by atoms with Gasteiger partial charge in [-0.05, 0) is 20.8 Å². The van der Waals surface area contributed by atoms with E-state index >= 15 is 0 Å². The Bertz CT molecular complexity index is 424. The first kappa shape index (κ1) is 12.1. The van der Waals surface area contributed by atoms with Crippen LogP contribution in [-0.4, -0.2) is 28.9 Å². The Kier molecular flexibility index (Phi) is 3.47. The van der Waals surface area contributed by atoms with Crippen molar-refractivity contribution < 1.29 is 9.53 Å². The number of rotatable bonds is 3. The SMILES string of the molecule is CCOC(=O)c1nn(C(C)C)c2c1CNCC2. The summed E-state index contributed by atoms with van der Waals surface area (Å²) in [6.45, 7) is 7.98. The van der Waals surface area contributed by atoms with Crippen LogP contribution in [0.15, 0.2) is 0 Å². The number of hydrogen-bond donors (Lipinski definition) is 1. The van der Waals surface area contributed by atoms with Crippen molar-refractivity contribution >= 4 is 5.97 Å².